The second-order valence-corrected chi connectivity index (χ2v) is 5.34. The summed E-state index contributed by atoms with van der Waals surface area (Å²) in [4.78, 5) is 23.3. The molecule has 1 saturated heterocycles. The second-order valence-electron chi connectivity index (χ2n) is 4.42. The number of morpholine rings is 1. The molecule has 1 aromatic rings. The molecule has 1 unspecified atom stereocenters. The van der Waals surface area contributed by atoms with E-state index in [0.29, 0.717) is 24.5 Å². The zero-order valence-electron chi connectivity index (χ0n) is 11.0. The molecule has 0 bridgehead atoms. The van der Waals surface area contributed by atoms with Gasteiger partial charge in [0, 0.05) is 24.5 Å². The van der Waals surface area contributed by atoms with Gasteiger partial charge in [-0.2, -0.15) is 0 Å². The third kappa shape index (κ3) is 4.03. The Labute approximate surface area is 125 Å². The lowest BCUT2D eigenvalue weighted by atomic mass is 10.2. The van der Waals surface area contributed by atoms with Gasteiger partial charge < -0.3 is 20.7 Å². The number of nitrogens with one attached hydrogen (secondary N) is 3. The maximum absolute atomic E-state index is 12.1. The highest BCUT2D eigenvalue weighted by Gasteiger charge is 2.22. The van der Waals surface area contributed by atoms with Gasteiger partial charge in [0.05, 0.1) is 18.0 Å². The Morgan fingerprint density at radius 2 is 2.15 bits per heavy atom. The largest absolute Gasteiger partial charge is 0.366 e. The van der Waals surface area contributed by atoms with E-state index in [4.69, 9.17) is 4.74 Å². The van der Waals surface area contributed by atoms with Gasteiger partial charge in [-0.25, -0.2) is 0 Å². The summed E-state index contributed by atoms with van der Waals surface area (Å²) in [6, 6.07) is 5.25. The highest BCUT2D eigenvalue weighted by molar-refractivity contribution is 9.10. The van der Waals surface area contributed by atoms with Gasteiger partial charge in [-0.3, -0.25) is 9.59 Å². The van der Waals surface area contributed by atoms with E-state index in [1.807, 2.05) is 0 Å². The third-order valence-electron chi connectivity index (χ3n) is 2.77. The summed E-state index contributed by atoms with van der Waals surface area (Å²) >= 11 is 3.34. The highest BCUT2D eigenvalue weighted by atomic mass is 79.9. The minimum absolute atomic E-state index is 0.196. The third-order valence-corrected chi connectivity index (χ3v) is 3.26. The van der Waals surface area contributed by atoms with Gasteiger partial charge in [0.1, 0.15) is 6.10 Å². The number of carbonyl (C=O) groups excluding carboxylic acids is 2. The maximum atomic E-state index is 12.1. The van der Waals surface area contributed by atoms with Crippen LogP contribution >= 0.6 is 15.9 Å². The highest BCUT2D eigenvalue weighted by Crippen LogP contribution is 2.26. The summed E-state index contributed by atoms with van der Waals surface area (Å²) < 4.78 is 6.20. The quantitative estimate of drug-likeness (QED) is 0.775. The van der Waals surface area contributed by atoms with Gasteiger partial charge in [0.2, 0.25) is 5.91 Å². The van der Waals surface area contributed by atoms with Crippen molar-refractivity contribution < 1.29 is 14.3 Å². The summed E-state index contributed by atoms with van der Waals surface area (Å²) in [7, 11) is 0. The van der Waals surface area contributed by atoms with E-state index in [0.717, 1.165) is 11.0 Å². The average molecular weight is 342 g/mol. The summed E-state index contributed by atoms with van der Waals surface area (Å²) in [5, 5.41) is 8.55. The first-order valence-corrected chi connectivity index (χ1v) is 7.06. The number of hydrogen-bond acceptors (Lipinski definition) is 4. The van der Waals surface area contributed by atoms with Crippen molar-refractivity contribution >= 4 is 39.1 Å². The number of carbonyl (C=O) groups is 2. The summed E-state index contributed by atoms with van der Waals surface area (Å²) in [5.74, 6) is -0.430. The predicted molar refractivity (Wildman–Crippen MR) is 79.7 cm³/mol. The predicted octanol–water partition coefficient (Wildman–Crippen LogP) is 1.33. The van der Waals surface area contributed by atoms with Crippen molar-refractivity contribution in [3.8, 4) is 0 Å². The molecule has 0 aromatic heterocycles. The standard InChI is InChI=1S/C13H16BrN3O3/c1-8(18)16-10-3-2-9(14)6-11(10)17-13(19)12-7-15-4-5-20-12/h2-3,6,12,15H,4-5,7H2,1H3,(H,16,18)(H,17,19). The first-order valence-electron chi connectivity index (χ1n) is 6.26. The minimum Gasteiger partial charge on any atom is -0.366 e. The number of amides is 2. The van der Waals surface area contributed by atoms with Gasteiger partial charge in [-0.1, -0.05) is 15.9 Å². The van der Waals surface area contributed by atoms with Crippen molar-refractivity contribution in [1.29, 1.82) is 0 Å². The molecule has 7 heteroatoms. The average Bonchev–Trinajstić information content (AvgIpc) is 2.42. The van der Waals surface area contributed by atoms with Crippen LogP contribution in [-0.4, -0.2) is 37.6 Å². The van der Waals surface area contributed by atoms with Crippen molar-refractivity contribution in [3.63, 3.8) is 0 Å². The lowest BCUT2D eigenvalue weighted by molar-refractivity contribution is -0.128. The van der Waals surface area contributed by atoms with Crippen LogP contribution in [0.4, 0.5) is 11.4 Å². The van der Waals surface area contributed by atoms with Crippen molar-refractivity contribution in [3.05, 3.63) is 22.7 Å². The zero-order chi connectivity index (χ0) is 14.5. The molecular weight excluding hydrogens is 326 g/mol. The number of rotatable bonds is 3. The van der Waals surface area contributed by atoms with E-state index >= 15 is 0 Å². The Kier molecular flexibility index (Phi) is 5.11. The normalized spacial score (nSPS) is 18.4. The lowest BCUT2D eigenvalue weighted by Crippen LogP contribution is -2.45. The van der Waals surface area contributed by atoms with E-state index in [1.54, 1.807) is 18.2 Å². The van der Waals surface area contributed by atoms with E-state index in [1.165, 1.54) is 6.92 Å². The van der Waals surface area contributed by atoms with Gasteiger partial charge in [0.15, 0.2) is 0 Å². The fraction of sp³-hybridized carbons (Fsp3) is 0.385. The molecule has 1 aromatic carbocycles. The smallest absolute Gasteiger partial charge is 0.254 e. The number of halogens is 1. The molecular formula is C13H16BrN3O3. The molecule has 1 atom stereocenters. The van der Waals surface area contributed by atoms with Gasteiger partial charge in [-0.05, 0) is 18.2 Å². The number of ether oxygens (including phenoxy) is 1. The van der Waals surface area contributed by atoms with E-state index in [9.17, 15) is 9.59 Å². The van der Waals surface area contributed by atoms with Crippen molar-refractivity contribution in [2.45, 2.75) is 13.0 Å². The van der Waals surface area contributed by atoms with E-state index < -0.39 is 6.10 Å². The number of benzene rings is 1. The number of hydrogen-bond donors (Lipinski definition) is 3. The Balaban J connectivity index is 2.12. The summed E-state index contributed by atoms with van der Waals surface area (Å²) in [6.45, 7) is 3.16. The molecule has 108 valence electrons. The molecule has 2 amide bonds. The topological polar surface area (TPSA) is 79.5 Å². The minimum atomic E-state index is -0.520. The molecule has 0 radical (unpaired) electrons. The summed E-state index contributed by atoms with van der Waals surface area (Å²) in [6.07, 6.45) is -0.520. The molecule has 0 aliphatic carbocycles. The Morgan fingerprint density at radius 3 is 2.80 bits per heavy atom. The number of anilines is 2. The molecule has 0 spiro atoms. The molecule has 3 N–H and O–H groups in total. The fourth-order valence-electron chi connectivity index (χ4n) is 1.87. The zero-order valence-corrected chi connectivity index (χ0v) is 12.6. The van der Waals surface area contributed by atoms with Gasteiger partial charge >= 0.3 is 0 Å². The molecule has 20 heavy (non-hydrogen) atoms. The van der Waals surface area contributed by atoms with Crippen LogP contribution in [0.1, 0.15) is 6.92 Å². The molecule has 0 saturated carbocycles. The first kappa shape index (κ1) is 15.0. The van der Waals surface area contributed by atoms with Crippen molar-refractivity contribution in [2.75, 3.05) is 30.3 Å². The maximum Gasteiger partial charge on any atom is 0.254 e. The Bertz CT molecular complexity index is 516. The van der Waals surface area contributed by atoms with Crippen LogP contribution in [0.15, 0.2) is 22.7 Å². The van der Waals surface area contributed by atoms with Crippen molar-refractivity contribution in [2.24, 2.45) is 0 Å². The Morgan fingerprint density at radius 1 is 1.35 bits per heavy atom. The van der Waals surface area contributed by atoms with E-state index in [2.05, 4.69) is 31.9 Å². The van der Waals surface area contributed by atoms with Crippen LogP contribution < -0.4 is 16.0 Å². The van der Waals surface area contributed by atoms with Crippen molar-refractivity contribution in [1.82, 2.24) is 5.32 Å². The van der Waals surface area contributed by atoms with Crippen LogP contribution in [0.5, 0.6) is 0 Å². The fourth-order valence-corrected chi connectivity index (χ4v) is 2.23. The molecule has 6 nitrogen and oxygen atoms in total. The van der Waals surface area contributed by atoms with Crippen LogP contribution in [0.25, 0.3) is 0 Å². The van der Waals surface area contributed by atoms with Crippen LogP contribution in [-0.2, 0) is 14.3 Å². The van der Waals surface area contributed by atoms with Crippen LogP contribution in [0.3, 0.4) is 0 Å². The Hall–Kier alpha value is -1.44. The first-order chi connectivity index (χ1) is 9.56. The lowest BCUT2D eigenvalue weighted by Gasteiger charge is -2.23. The van der Waals surface area contributed by atoms with Gasteiger partial charge in [-0.15, -0.1) is 0 Å². The van der Waals surface area contributed by atoms with E-state index in [-0.39, 0.29) is 11.8 Å². The van der Waals surface area contributed by atoms with Crippen LogP contribution in [0.2, 0.25) is 0 Å². The summed E-state index contributed by atoms with van der Waals surface area (Å²) in [5.41, 5.74) is 1.09. The monoisotopic (exact) mass is 341 g/mol. The van der Waals surface area contributed by atoms with Crippen LogP contribution in [0, 0.1) is 0 Å². The molecule has 1 aliphatic heterocycles. The molecule has 1 aliphatic rings. The molecule has 2 rings (SSSR count). The SMILES string of the molecule is CC(=O)Nc1ccc(Br)cc1NC(=O)C1CNCCO1. The van der Waals surface area contributed by atoms with Gasteiger partial charge in [0.25, 0.3) is 5.91 Å². The second kappa shape index (κ2) is 6.83. The molecule has 1 heterocycles. The molecule has 1 fully saturated rings.